The fourth-order valence-electron chi connectivity index (χ4n) is 3.20. The molecule has 1 saturated carbocycles. The van der Waals surface area contributed by atoms with Gasteiger partial charge in [0.2, 0.25) is 11.8 Å². The van der Waals surface area contributed by atoms with Crippen LogP contribution in [0.15, 0.2) is 0 Å². The first-order valence-corrected chi connectivity index (χ1v) is 8.28. The smallest absolute Gasteiger partial charge is 0.237 e. The van der Waals surface area contributed by atoms with E-state index in [0.29, 0.717) is 0 Å². The second-order valence-electron chi connectivity index (χ2n) is 6.81. The van der Waals surface area contributed by atoms with Crippen molar-refractivity contribution in [1.29, 1.82) is 0 Å². The Bertz CT molecular complexity index is 381. The van der Waals surface area contributed by atoms with Gasteiger partial charge in [0.1, 0.15) is 5.41 Å². The molecule has 2 aliphatic rings. The van der Waals surface area contributed by atoms with Gasteiger partial charge in [0.25, 0.3) is 0 Å². The first-order valence-electron chi connectivity index (χ1n) is 8.28. The van der Waals surface area contributed by atoms with Crippen LogP contribution < -0.4 is 5.32 Å². The van der Waals surface area contributed by atoms with Gasteiger partial charge in [0.05, 0.1) is 0 Å². The molecule has 0 unspecified atom stereocenters. The topological polar surface area (TPSA) is 52.7 Å². The summed E-state index contributed by atoms with van der Waals surface area (Å²) in [6.45, 7) is 9.94. The average Bonchev–Trinajstić information content (AvgIpc) is 2.99. The molecule has 1 aliphatic carbocycles. The summed E-state index contributed by atoms with van der Waals surface area (Å²) in [7, 11) is 0. The molecule has 120 valence electrons. The number of carbonyl (C=O) groups is 2. The van der Waals surface area contributed by atoms with Crippen LogP contribution in [-0.2, 0) is 9.59 Å². The number of piperazine rings is 1. The van der Waals surface area contributed by atoms with Crippen LogP contribution in [-0.4, -0.2) is 60.4 Å². The first-order chi connectivity index (χ1) is 9.95. The Morgan fingerprint density at radius 2 is 1.67 bits per heavy atom. The molecule has 0 aromatic rings. The number of nitrogens with zero attached hydrogens (tertiary/aromatic N) is 2. The lowest BCUT2D eigenvalue weighted by Crippen LogP contribution is -2.56. The van der Waals surface area contributed by atoms with Crippen molar-refractivity contribution in [2.24, 2.45) is 5.41 Å². The van der Waals surface area contributed by atoms with Crippen LogP contribution in [0.3, 0.4) is 0 Å². The van der Waals surface area contributed by atoms with Crippen molar-refractivity contribution < 1.29 is 9.59 Å². The third-order valence-corrected chi connectivity index (χ3v) is 4.90. The molecule has 0 aromatic carbocycles. The molecule has 1 N–H and O–H groups in total. The van der Waals surface area contributed by atoms with Gasteiger partial charge >= 0.3 is 0 Å². The van der Waals surface area contributed by atoms with Crippen LogP contribution >= 0.6 is 0 Å². The van der Waals surface area contributed by atoms with E-state index < -0.39 is 5.41 Å². The lowest BCUT2D eigenvalue weighted by Gasteiger charge is -2.38. The van der Waals surface area contributed by atoms with Gasteiger partial charge in [-0.3, -0.25) is 9.59 Å². The standard InChI is InChI=1S/C16H29N3O2/c1-4-18-9-11-19(12-10-18)15(21)16(2,3)14(20)17-13-7-5-6-8-13/h13H,4-12H2,1-3H3,(H,17,20). The van der Waals surface area contributed by atoms with Gasteiger partial charge < -0.3 is 15.1 Å². The van der Waals surface area contributed by atoms with Gasteiger partial charge in [-0.2, -0.15) is 0 Å². The summed E-state index contributed by atoms with van der Waals surface area (Å²) < 4.78 is 0. The SMILES string of the molecule is CCN1CCN(C(=O)C(C)(C)C(=O)NC2CCCC2)CC1. The third kappa shape index (κ3) is 3.76. The monoisotopic (exact) mass is 295 g/mol. The molecule has 0 aromatic heterocycles. The summed E-state index contributed by atoms with van der Waals surface area (Å²) >= 11 is 0. The van der Waals surface area contributed by atoms with E-state index in [1.165, 1.54) is 12.8 Å². The minimum atomic E-state index is -0.961. The normalized spacial score (nSPS) is 21.6. The van der Waals surface area contributed by atoms with Gasteiger partial charge in [-0.25, -0.2) is 0 Å². The molecule has 0 atom stereocenters. The van der Waals surface area contributed by atoms with Crippen molar-refractivity contribution in [3.8, 4) is 0 Å². The van der Waals surface area contributed by atoms with Crippen LogP contribution in [0.25, 0.3) is 0 Å². The fourth-order valence-corrected chi connectivity index (χ4v) is 3.20. The van der Waals surface area contributed by atoms with E-state index in [1.54, 1.807) is 13.8 Å². The highest BCUT2D eigenvalue weighted by Gasteiger charge is 2.40. The molecule has 21 heavy (non-hydrogen) atoms. The van der Waals surface area contributed by atoms with Crippen LogP contribution in [0.5, 0.6) is 0 Å². The van der Waals surface area contributed by atoms with Gasteiger partial charge in [0, 0.05) is 32.2 Å². The van der Waals surface area contributed by atoms with Crippen molar-refractivity contribution in [2.75, 3.05) is 32.7 Å². The van der Waals surface area contributed by atoms with E-state index in [4.69, 9.17) is 0 Å². The number of amides is 2. The molecule has 5 nitrogen and oxygen atoms in total. The summed E-state index contributed by atoms with van der Waals surface area (Å²) in [5.41, 5.74) is -0.961. The zero-order valence-corrected chi connectivity index (χ0v) is 13.7. The van der Waals surface area contributed by atoms with Crippen LogP contribution in [0.2, 0.25) is 0 Å². The van der Waals surface area contributed by atoms with E-state index in [-0.39, 0.29) is 17.9 Å². The minimum absolute atomic E-state index is 0.0336. The lowest BCUT2D eigenvalue weighted by atomic mass is 9.89. The Hall–Kier alpha value is -1.10. The van der Waals surface area contributed by atoms with E-state index >= 15 is 0 Å². The molecule has 5 heteroatoms. The predicted molar refractivity (Wildman–Crippen MR) is 82.9 cm³/mol. The molecule has 1 aliphatic heterocycles. The highest BCUT2D eigenvalue weighted by atomic mass is 16.2. The zero-order chi connectivity index (χ0) is 15.5. The van der Waals surface area contributed by atoms with E-state index in [9.17, 15) is 9.59 Å². The molecule has 2 amide bonds. The number of hydrogen-bond acceptors (Lipinski definition) is 3. The van der Waals surface area contributed by atoms with Crippen molar-refractivity contribution in [3.63, 3.8) is 0 Å². The Labute approximate surface area is 128 Å². The van der Waals surface area contributed by atoms with Gasteiger partial charge in [-0.05, 0) is 33.2 Å². The van der Waals surface area contributed by atoms with Crippen LogP contribution in [0.1, 0.15) is 46.5 Å². The number of rotatable bonds is 4. The summed E-state index contributed by atoms with van der Waals surface area (Å²) in [5, 5.41) is 3.06. The number of nitrogens with one attached hydrogen (secondary N) is 1. The Morgan fingerprint density at radius 1 is 1.10 bits per heavy atom. The minimum Gasteiger partial charge on any atom is -0.352 e. The zero-order valence-electron chi connectivity index (χ0n) is 13.7. The molecule has 0 radical (unpaired) electrons. The Balaban J connectivity index is 1.91. The largest absolute Gasteiger partial charge is 0.352 e. The van der Waals surface area contributed by atoms with Gasteiger partial charge in [0.15, 0.2) is 0 Å². The van der Waals surface area contributed by atoms with Crippen molar-refractivity contribution in [2.45, 2.75) is 52.5 Å². The maximum Gasteiger partial charge on any atom is 0.237 e. The molecule has 0 bridgehead atoms. The number of likely N-dealkylation sites (N-methyl/N-ethyl adjacent to an activating group) is 1. The third-order valence-electron chi connectivity index (χ3n) is 4.90. The maximum absolute atomic E-state index is 12.7. The molecular formula is C16H29N3O2. The first kappa shape index (κ1) is 16.3. The van der Waals surface area contributed by atoms with Crippen molar-refractivity contribution in [3.05, 3.63) is 0 Å². The van der Waals surface area contributed by atoms with E-state index in [2.05, 4.69) is 17.1 Å². The second kappa shape index (κ2) is 6.77. The van der Waals surface area contributed by atoms with E-state index in [1.807, 2.05) is 4.90 Å². The Kier molecular flexibility index (Phi) is 5.25. The summed E-state index contributed by atoms with van der Waals surface area (Å²) in [6.07, 6.45) is 4.45. The highest BCUT2D eigenvalue weighted by Crippen LogP contribution is 2.23. The van der Waals surface area contributed by atoms with Crippen LogP contribution in [0, 0.1) is 5.41 Å². The molecule has 2 rings (SSSR count). The number of hydrogen-bond donors (Lipinski definition) is 1. The van der Waals surface area contributed by atoms with Gasteiger partial charge in [-0.1, -0.05) is 19.8 Å². The maximum atomic E-state index is 12.7. The molecule has 1 heterocycles. The summed E-state index contributed by atoms with van der Waals surface area (Å²) in [4.78, 5) is 29.3. The van der Waals surface area contributed by atoms with Crippen LogP contribution in [0.4, 0.5) is 0 Å². The molecule has 1 saturated heterocycles. The average molecular weight is 295 g/mol. The van der Waals surface area contributed by atoms with E-state index in [0.717, 1.165) is 45.6 Å². The Morgan fingerprint density at radius 3 is 2.19 bits per heavy atom. The van der Waals surface area contributed by atoms with Crippen molar-refractivity contribution >= 4 is 11.8 Å². The second-order valence-corrected chi connectivity index (χ2v) is 6.81. The summed E-state index contributed by atoms with van der Waals surface area (Å²) in [5.74, 6) is -0.147. The fraction of sp³-hybridized carbons (Fsp3) is 0.875. The van der Waals surface area contributed by atoms with Gasteiger partial charge in [-0.15, -0.1) is 0 Å². The highest BCUT2D eigenvalue weighted by molar-refractivity contribution is 6.04. The summed E-state index contributed by atoms with van der Waals surface area (Å²) in [6, 6.07) is 0.265. The molecule has 0 spiro atoms. The predicted octanol–water partition coefficient (Wildman–Crippen LogP) is 1.24. The van der Waals surface area contributed by atoms with Crippen molar-refractivity contribution in [1.82, 2.24) is 15.1 Å². The molecule has 2 fully saturated rings. The quantitative estimate of drug-likeness (QED) is 0.794. The number of carbonyl (C=O) groups excluding carboxylic acids is 2. The lowest BCUT2D eigenvalue weighted by molar-refractivity contribution is -0.150. The molecular weight excluding hydrogens is 266 g/mol.